The number of hydrogen-bond acceptors (Lipinski definition) is 4. The third-order valence-electron chi connectivity index (χ3n) is 4.01. The van der Waals surface area contributed by atoms with Crippen LogP contribution in [0.1, 0.15) is 25.0 Å². The number of carboxylic acids is 1. The van der Waals surface area contributed by atoms with Gasteiger partial charge in [0.25, 0.3) is 0 Å². The van der Waals surface area contributed by atoms with E-state index in [1.165, 1.54) is 0 Å². The summed E-state index contributed by atoms with van der Waals surface area (Å²) in [5.41, 5.74) is 1.97. The lowest BCUT2D eigenvalue weighted by Gasteiger charge is -2.19. The van der Waals surface area contributed by atoms with E-state index in [1.54, 1.807) is 7.11 Å². The maximum Gasteiger partial charge on any atom is 0.320 e. The van der Waals surface area contributed by atoms with Gasteiger partial charge in [-0.1, -0.05) is 60.1 Å². The molecule has 0 aliphatic carbocycles. The van der Waals surface area contributed by atoms with Gasteiger partial charge in [-0.05, 0) is 29.2 Å². The number of methoxy groups -OCH3 is 1. The second kappa shape index (κ2) is 9.59. The Bertz CT molecular complexity index is 734. The summed E-state index contributed by atoms with van der Waals surface area (Å²) in [6.07, 6.45) is 0. The summed E-state index contributed by atoms with van der Waals surface area (Å²) < 4.78 is 12.2. The Morgan fingerprint density at radius 3 is 2.46 bits per heavy atom. The van der Waals surface area contributed by atoms with Crippen molar-refractivity contribution >= 4 is 21.9 Å². The predicted molar refractivity (Wildman–Crippen MR) is 105 cm³/mol. The summed E-state index contributed by atoms with van der Waals surface area (Å²) >= 11 is 3.54. The average molecular weight is 422 g/mol. The van der Waals surface area contributed by atoms with E-state index < -0.39 is 12.0 Å². The van der Waals surface area contributed by atoms with E-state index in [2.05, 4.69) is 21.2 Å². The van der Waals surface area contributed by atoms with E-state index >= 15 is 0 Å². The van der Waals surface area contributed by atoms with Crippen LogP contribution in [0.5, 0.6) is 11.5 Å². The number of carboxylic acid groups (broad SMARTS) is 1. The number of hydrogen-bond donors (Lipinski definition) is 2. The highest BCUT2D eigenvalue weighted by Crippen LogP contribution is 2.34. The molecule has 0 aliphatic rings. The van der Waals surface area contributed by atoms with Crippen LogP contribution in [-0.4, -0.2) is 24.2 Å². The smallest absolute Gasteiger partial charge is 0.320 e. The van der Waals surface area contributed by atoms with Gasteiger partial charge in [0.05, 0.1) is 7.11 Å². The molecule has 0 heterocycles. The fourth-order valence-corrected chi connectivity index (χ4v) is 3.01. The second-order valence-corrected chi connectivity index (χ2v) is 7.16. The third-order valence-corrected chi connectivity index (χ3v) is 4.75. The Morgan fingerprint density at radius 1 is 1.19 bits per heavy atom. The first-order valence-electron chi connectivity index (χ1n) is 8.41. The van der Waals surface area contributed by atoms with Gasteiger partial charge in [-0.2, -0.15) is 0 Å². The number of aliphatic carboxylic acids is 1. The summed E-state index contributed by atoms with van der Waals surface area (Å²) in [5.74, 6) is 0.371. The molecule has 2 N–H and O–H groups in total. The van der Waals surface area contributed by atoms with E-state index in [4.69, 9.17) is 9.47 Å². The van der Waals surface area contributed by atoms with Gasteiger partial charge in [0, 0.05) is 11.0 Å². The van der Waals surface area contributed by atoms with Crippen molar-refractivity contribution in [2.24, 2.45) is 5.92 Å². The number of nitrogens with one attached hydrogen (secondary N) is 1. The first-order valence-corrected chi connectivity index (χ1v) is 9.21. The molecule has 0 saturated heterocycles. The van der Waals surface area contributed by atoms with Crippen LogP contribution in [-0.2, 0) is 17.9 Å². The van der Waals surface area contributed by atoms with E-state index in [0.29, 0.717) is 24.7 Å². The molecular formula is C20H24BrNO4. The molecule has 0 spiro atoms. The van der Waals surface area contributed by atoms with Crippen molar-refractivity contribution in [2.45, 2.75) is 33.0 Å². The van der Waals surface area contributed by atoms with Gasteiger partial charge in [0.15, 0.2) is 11.5 Å². The van der Waals surface area contributed by atoms with Gasteiger partial charge < -0.3 is 19.9 Å². The van der Waals surface area contributed by atoms with Crippen molar-refractivity contribution in [3.63, 3.8) is 0 Å². The molecule has 0 fully saturated rings. The molecule has 0 saturated carbocycles. The van der Waals surface area contributed by atoms with E-state index in [-0.39, 0.29) is 5.92 Å². The van der Waals surface area contributed by atoms with Gasteiger partial charge in [-0.3, -0.25) is 4.79 Å². The molecule has 0 aliphatic heterocycles. The van der Waals surface area contributed by atoms with Crippen molar-refractivity contribution in [1.82, 2.24) is 5.32 Å². The minimum atomic E-state index is -0.856. The molecule has 0 radical (unpaired) electrons. The lowest BCUT2D eigenvalue weighted by Crippen LogP contribution is -2.40. The normalized spacial score (nSPS) is 12.0. The number of halogens is 1. The molecule has 0 amide bonds. The van der Waals surface area contributed by atoms with Gasteiger partial charge in [0.1, 0.15) is 12.6 Å². The predicted octanol–water partition coefficient (Wildman–Crippen LogP) is 4.24. The van der Waals surface area contributed by atoms with Crippen LogP contribution in [0.4, 0.5) is 0 Å². The number of ether oxygens (including phenoxy) is 2. The number of rotatable bonds is 9. The van der Waals surface area contributed by atoms with Gasteiger partial charge in [0.2, 0.25) is 0 Å². The zero-order valence-electron chi connectivity index (χ0n) is 15.2. The van der Waals surface area contributed by atoms with Crippen LogP contribution >= 0.6 is 15.9 Å². The largest absolute Gasteiger partial charge is 0.493 e. The quantitative estimate of drug-likeness (QED) is 0.633. The van der Waals surface area contributed by atoms with Gasteiger partial charge >= 0.3 is 5.97 Å². The maximum absolute atomic E-state index is 11.3. The molecule has 26 heavy (non-hydrogen) atoms. The Balaban J connectivity index is 2.11. The van der Waals surface area contributed by atoms with Crippen LogP contribution in [0, 0.1) is 5.92 Å². The van der Waals surface area contributed by atoms with E-state index in [9.17, 15) is 9.90 Å². The SMILES string of the molecule is COc1cc(CNC(C(=O)O)C(C)C)c(Br)cc1OCc1ccccc1. The molecule has 1 unspecified atom stereocenters. The molecule has 0 aromatic heterocycles. The maximum atomic E-state index is 11.3. The summed E-state index contributed by atoms with van der Waals surface area (Å²) in [4.78, 5) is 11.3. The Kier molecular flexibility index (Phi) is 7.48. The standard InChI is InChI=1S/C20H24BrNO4/c1-13(2)19(20(23)24)22-11-15-9-17(25-3)18(10-16(15)21)26-12-14-7-5-4-6-8-14/h4-10,13,19,22H,11-12H2,1-3H3,(H,23,24). The highest BCUT2D eigenvalue weighted by Gasteiger charge is 2.21. The highest BCUT2D eigenvalue weighted by molar-refractivity contribution is 9.10. The van der Waals surface area contributed by atoms with Crippen LogP contribution in [0.3, 0.4) is 0 Å². The minimum Gasteiger partial charge on any atom is -0.493 e. The zero-order valence-corrected chi connectivity index (χ0v) is 16.7. The summed E-state index contributed by atoms with van der Waals surface area (Å²) in [6.45, 7) is 4.60. The zero-order chi connectivity index (χ0) is 19.1. The third kappa shape index (κ3) is 5.47. The molecular weight excluding hydrogens is 398 g/mol. The Hall–Kier alpha value is -2.05. The highest BCUT2D eigenvalue weighted by atomic mass is 79.9. The number of carbonyl (C=O) groups is 1. The monoisotopic (exact) mass is 421 g/mol. The lowest BCUT2D eigenvalue weighted by molar-refractivity contribution is -0.140. The van der Waals surface area contributed by atoms with Crippen molar-refractivity contribution in [3.05, 3.63) is 58.1 Å². The molecule has 5 nitrogen and oxygen atoms in total. The number of benzene rings is 2. The molecule has 2 aromatic rings. The Labute approximate surface area is 162 Å². The molecule has 140 valence electrons. The van der Waals surface area contributed by atoms with Crippen LogP contribution in [0.25, 0.3) is 0 Å². The second-order valence-electron chi connectivity index (χ2n) is 6.31. The van der Waals surface area contributed by atoms with Crippen molar-refractivity contribution in [2.75, 3.05) is 7.11 Å². The van der Waals surface area contributed by atoms with E-state index in [1.807, 2.05) is 56.3 Å². The van der Waals surface area contributed by atoms with E-state index in [0.717, 1.165) is 15.6 Å². The van der Waals surface area contributed by atoms with Crippen LogP contribution in [0.15, 0.2) is 46.9 Å². The fourth-order valence-electron chi connectivity index (χ4n) is 2.55. The topological polar surface area (TPSA) is 67.8 Å². The first kappa shape index (κ1) is 20.3. The molecule has 0 bridgehead atoms. The molecule has 6 heteroatoms. The fraction of sp³-hybridized carbons (Fsp3) is 0.350. The summed E-state index contributed by atoms with van der Waals surface area (Å²) in [6, 6.07) is 13.0. The van der Waals surface area contributed by atoms with Crippen molar-refractivity contribution in [3.8, 4) is 11.5 Å². The van der Waals surface area contributed by atoms with Crippen LogP contribution in [0.2, 0.25) is 0 Å². The Morgan fingerprint density at radius 2 is 1.88 bits per heavy atom. The molecule has 2 rings (SSSR count). The average Bonchev–Trinajstić information content (AvgIpc) is 2.61. The first-order chi connectivity index (χ1) is 12.4. The molecule has 1 atom stereocenters. The van der Waals surface area contributed by atoms with Crippen molar-refractivity contribution in [1.29, 1.82) is 0 Å². The molecule has 2 aromatic carbocycles. The van der Waals surface area contributed by atoms with Gasteiger partial charge in [-0.15, -0.1) is 0 Å². The van der Waals surface area contributed by atoms with Crippen molar-refractivity contribution < 1.29 is 19.4 Å². The van der Waals surface area contributed by atoms with Gasteiger partial charge in [-0.25, -0.2) is 0 Å². The van der Waals surface area contributed by atoms with Crippen LogP contribution < -0.4 is 14.8 Å². The summed E-state index contributed by atoms with van der Waals surface area (Å²) in [5, 5.41) is 12.4. The summed E-state index contributed by atoms with van der Waals surface area (Å²) in [7, 11) is 1.59. The lowest BCUT2D eigenvalue weighted by atomic mass is 10.0. The minimum absolute atomic E-state index is 0.0124.